The van der Waals surface area contributed by atoms with Crippen LogP contribution < -0.4 is 5.30 Å². The van der Waals surface area contributed by atoms with Gasteiger partial charge in [0.2, 0.25) is 0 Å². The van der Waals surface area contributed by atoms with E-state index in [0.717, 1.165) is 11.1 Å². The predicted molar refractivity (Wildman–Crippen MR) is 104 cm³/mol. The van der Waals surface area contributed by atoms with E-state index in [1.807, 2.05) is 30.3 Å². The van der Waals surface area contributed by atoms with Crippen molar-refractivity contribution in [2.75, 3.05) is 12.3 Å². The number of ketones is 2. The van der Waals surface area contributed by atoms with Crippen molar-refractivity contribution in [3.05, 3.63) is 90.0 Å². The average Bonchev–Trinajstić information content (AvgIpc) is 2.71. The Balaban J connectivity index is 1.97. The van der Waals surface area contributed by atoms with E-state index in [0.29, 0.717) is 16.4 Å². The zero-order chi connectivity index (χ0) is 18.1. The topological polar surface area (TPSA) is 51.2 Å². The second-order valence-electron chi connectivity index (χ2n) is 6.48. The first-order valence-electron chi connectivity index (χ1n) is 8.47. The van der Waals surface area contributed by atoms with Gasteiger partial charge in [0.1, 0.15) is 7.14 Å². The van der Waals surface area contributed by atoms with Crippen molar-refractivity contribution in [2.24, 2.45) is 0 Å². The molecule has 3 aromatic rings. The number of benzene rings is 3. The molecule has 3 aromatic carbocycles. The van der Waals surface area contributed by atoms with Crippen LogP contribution in [0.25, 0.3) is 11.1 Å². The zero-order valence-electron chi connectivity index (χ0n) is 14.1. The molecular formula is C22H17O3P. The summed E-state index contributed by atoms with van der Waals surface area (Å²) < 4.78 is 13.8. The molecular weight excluding hydrogens is 343 g/mol. The van der Waals surface area contributed by atoms with E-state index in [-0.39, 0.29) is 23.9 Å². The van der Waals surface area contributed by atoms with Gasteiger partial charge < -0.3 is 4.57 Å². The van der Waals surface area contributed by atoms with Gasteiger partial charge in [-0.05, 0) is 11.1 Å². The van der Waals surface area contributed by atoms with Crippen molar-refractivity contribution >= 4 is 24.0 Å². The Bertz CT molecular complexity index is 990. The quantitative estimate of drug-likeness (QED) is 0.604. The molecule has 26 heavy (non-hydrogen) atoms. The second kappa shape index (κ2) is 6.51. The molecule has 1 aliphatic rings. The van der Waals surface area contributed by atoms with Crippen LogP contribution in [0.1, 0.15) is 20.7 Å². The minimum absolute atomic E-state index is 0.131. The Morgan fingerprint density at radius 3 is 1.38 bits per heavy atom. The van der Waals surface area contributed by atoms with Crippen LogP contribution in [0, 0.1) is 0 Å². The highest BCUT2D eigenvalue weighted by molar-refractivity contribution is 7.73. The summed E-state index contributed by atoms with van der Waals surface area (Å²) in [6.45, 7) is 0. The fourth-order valence-electron chi connectivity index (χ4n) is 3.49. The number of rotatable bonds is 1. The van der Waals surface area contributed by atoms with Gasteiger partial charge in [0.15, 0.2) is 11.6 Å². The summed E-state index contributed by atoms with van der Waals surface area (Å²) in [6.07, 6.45) is -0.262. The number of carbonyl (C=O) groups is 2. The molecule has 4 heteroatoms. The highest BCUT2D eigenvalue weighted by atomic mass is 31.2. The third-order valence-corrected chi connectivity index (χ3v) is 7.61. The lowest BCUT2D eigenvalue weighted by atomic mass is 9.92. The minimum Gasteiger partial charge on any atom is -0.318 e. The molecule has 3 nitrogen and oxygen atoms in total. The third kappa shape index (κ3) is 2.85. The lowest BCUT2D eigenvalue weighted by Gasteiger charge is -2.17. The molecule has 0 bridgehead atoms. The van der Waals surface area contributed by atoms with Crippen LogP contribution in [0.5, 0.6) is 0 Å². The molecule has 1 heterocycles. The Morgan fingerprint density at radius 1 is 0.538 bits per heavy atom. The van der Waals surface area contributed by atoms with Gasteiger partial charge in [-0.2, -0.15) is 0 Å². The maximum absolute atomic E-state index is 13.8. The van der Waals surface area contributed by atoms with Gasteiger partial charge in [-0.25, -0.2) is 0 Å². The van der Waals surface area contributed by atoms with Crippen molar-refractivity contribution in [1.29, 1.82) is 0 Å². The van der Waals surface area contributed by atoms with Crippen molar-refractivity contribution in [3.8, 4) is 11.1 Å². The molecule has 4 rings (SSSR count). The van der Waals surface area contributed by atoms with Gasteiger partial charge in [0.25, 0.3) is 0 Å². The van der Waals surface area contributed by atoms with Gasteiger partial charge in [-0.15, -0.1) is 0 Å². The maximum atomic E-state index is 13.8. The standard InChI is InChI=1S/C22H17O3P/c23-21-14-26(25,16-8-2-1-3-9-16)15-22(24)20-13-7-5-11-18(20)17-10-4-6-12-19(17)21/h1-13H,14-15H2. The van der Waals surface area contributed by atoms with Crippen LogP contribution in [-0.4, -0.2) is 23.9 Å². The summed E-state index contributed by atoms with van der Waals surface area (Å²) in [5.74, 6) is -0.366. The molecule has 0 aliphatic carbocycles. The lowest BCUT2D eigenvalue weighted by Crippen LogP contribution is -2.19. The molecule has 0 saturated carbocycles. The number of carbonyl (C=O) groups excluding carboxylic acids is 2. The normalized spacial score (nSPS) is 16.0. The monoisotopic (exact) mass is 360 g/mol. The number of hydrogen-bond acceptors (Lipinski definition) is 3. The average molecular weight is 360 g/mol. The number of Topliss-reactive ketones (excluding diaryl/α,β-unsaturated/α-hetero) is 2. The molecule has 0 aromatic heterocycles. The summed E-state index contributed by atoms with van der Waals surface area (Å²) >= 11 is 0. The highest BCUT2D eigenvalue weighted by Gasteiger charge is 2.34. The fraction of sp³-hybridized carbons (Fsp3) is 0.0909. The first-order valence-corrected chi connectivity index (χ1v) is 10.5. The molecule has 0 spiro atoms. The van der Waals surface area contributed by atoms with Crippen molar-refractivity contribution in [2.45, 2.75) is 0 Å². The van der Waals surface area contributed by atoms with E-state index in [1.54, 1.807) is 48.5 Å². The van der Waals surface area contributed by atoms with Gasteiger partial charge in [0.05, 0.1) is 12.3 Å². The van der Waals surface area contributed by atoms with Crippen LogP contribution in [-0.2, 0) is 4.57 Å². The third-order valence-electron chi connectivity index (χ3n) is 4.77. The van der Waals surface area contributed by atoms with E-state index < -0.39 is 7.14 Å². The van der Waals surface area contributed by atoms with E-state index in [2.05, 4.69) is 0 Å². The minimum atomic E-state index is -3.19. The van der Waals surface area contributed by atoms with Crippen LogP contribution >= 0.6 is 7.14 Å². The van der Waals surface area contributed by atoms with Gasteiger partial charge in [-0.3, -0.25) is 9.59 Å². The van der Waals surface area contributed by atoms with E-state index in [9.17, 15) is 14.2 Å². The molecule has 128 valence electrons. The summed E-state index contributed by atoms with van der Waals surface area (Å²) in [5.41, 5.74) is 2.49. The lowest BCUT2D eigenvalue weighted by molar-refractivity contribution is 0.101. The van der Waals surface area contributed by atoms with Gasteiger partial charge in [0, 0.05) is 16.4 Å². The van der Waals surface area contributed by atoms with Crippen molar-refractivity contribution in [1.82, 2.24) is 0 Å². The van der Waals surface area contributed by atoms with Crippen LogP contribution in [0.15, 0.2) is 78.9 Å². The molecule has 0 fully saturated rings. The highest BCUT2D eigenvalue weighted by Crippen LogP contribution is 2.47. The predicted octanol–water partition coefficient (Wildman–Crippen LogP) is 4.42. The zero-order valence-corrected chi connectivity index (χ0v) is 15.0. The molecule has 0 N–H and O–H groups in total. The SMILES string of the molecule is O=C1CP(=O)(c2ccccc2)CC(=O)c2ccccc2-c2ccccc21. The smallest absolute Gasteiger partial charge is 0.171 e. The van der Waals surface area contributed by atoms with Crippen LogP contribution in [0.4, 0.5) is 0 Å². The fourth-order valence-corrected chi connectivity index (χ4v) is 5.96. The first kappa shape index (κ1) is 16.7. The molecule has 1 aliphatic heterocycles. The largest absolute Gasteiger partial charge is 0.318 e. The van der Waals surface area contributed by atoms with Crippen LogP contribution in [0.3, 0.4) is 0 Å². The molecule has 0 amide bonds. The van der Waals surface area contributed by atoms with E-state index in [1.165, 1.54) is 0 Å². The van der Waals surface area contributed by atoms with Gasteiger partial charge in [-0.1, -0.05) is 78.9 Å². The van der Waals surface area contributed by atoms with E-state index in [4.69, 9.17) is 0 Å². The Morgan fingerprint density at radius 2 is 0.923 bits per heavy atom. The second-order valence-corrected chi connectivity index (χ2v) is 9.41. The number of hydrogen-bond donors (Lipinski definition) is 0. The number of fused-ring (bicyclic) bond motifs is 3. The summed E-state index contributed by atoms with van der Waals surface area (Å²) in [5, 5.41) is 0.582. The Kier molecular flexibility index (Phi) is 4.18. The summed E-state index contributed by atoms with van der Waals surface area (Å²) in [7, 11) is -3.19. The van der Waals surface area contributed by atoms with Crippen molar-refractivity contribution < 1.29 is 14.2 Å². The Labute approximate surface area is 152 Å². The first-order chi connectivity index (χ1) is 12.6. The molecule has 0 saturated heterocycles. The summed E-state index contributed by atoms with van der Waals surface area (Å²) in [6, 6.07) is 23.4. The van der Waals surface area contributed by atoms with Gasteiger partial charge >= 0.3 is 0 Å². The summed E-state index contributed by atoms with van der Waals surface area (Å²) in [4.78, 5) is 26.1. The van der Waals surface area contributed by atoms with Crippen LogP contribution in [0.2, 0.25) is 0 Å². The Hall–Kier alpha value is -2.77. The van der Waals surface area contributed by atoms with Crippen molar-refractivity contribution in [3.63, 3.8) is 0 Å². The molecule has 0 radical (unpaired) electrons. The maximum Gasteiger partial charge on any atom is 0.171 e. The van der Waals surface area contributed by atoms with E-state index >= 15 is 0 Å². The molecule has 0 unspecified atom stereocenters. The molecule has 0 atom stereocenters.